The van der Waals surface area contributed by atoms with Crippen LogP contribution in [0.2, 0.25) is 0 Å². The number of halogens is 2. The average molecular weight is 307 g/mol. The summed E-state index contributed by atoms with van der Waals surface area (Å²) < 4.78 is 1.65. The van der Waals surface area contributed by atoms with Gasteiger partial charge in [-0.3, -0.25) is 4.98 Å². The van der Waals surface area contributed by atoms with Gasteiger partial charge in [0.25, 0.3) is 0 Å². The molecule has 0 amide bonds. The third-order valence-corrected chi connectivity index (χ3v) is 2.63. The monoisotopic (exact) mass is 305 g/mol. The summed E-state index contributed by atoms with van der Waals surface area (Å²) in [6.07, 6.45) is 0.939. The standard InChI is InChI=1S/C9H9Br2NO/c1-5(2)9(13)8-7(11)3-6(10)4-12-8/h3-4,9,13H,1H2,2H3. The largest absolute Gasteiger partial charge is 0.382 e. The zero-order chi connectivity index (χ0) is 10.0. The van der Waals surface area contributed by atoms with E-state index in [0.29, 0.717) is 11.3 Å². The second kappa shape index (κ2) is 4.35. The first-order valence-corrected chi connectivity index (χ1v) is 5.25. The van der Waals surface area contributed by atoms with Gasteiger partial charge in [0.2, 0.25) is 0 Å². The number of aromatic nitrogens is 1. The van der Waals surface area contributed by atoms with Crippen LogP contribution in [-0.4, -0.2) is 10.1 Å². The van der Waals surface area contributed by atoms with Crippen molar-refractivity contribution in [1.29, 1.82) is 0 Å². The predicted octanol–water partition coefficient (Wildman–Crippen LogP) is 3.22. The van der Waals surface area contributed by atoms with Crippen molar-refractivity contribution < 1.29 is 5.11 Å². The van der Waals surface area contributed by atoms with Gasteiger partial charge in [0.05, 0.1) is 5.69 Å². The van der Waals surface area contributed by atoms with Crippen molar-refractivity contribution in [2.75, 3.05) is 0 Å². The second-order valence-electron chi connectivity index (χ2n) is 2.77. The fourth-order valence-electron chi connectivity index (χ4n) is 0.860. The van der Waals surface area contributed by atoms with Gasteiger partial charge >= 0.3 is 0 Å². The van der Waals surface area contributed by atoms with E-state index in [-0.39, 0.29) is 0 Å². The van der Waals surface area contributed by atoms with Gasteiger partial charge < -0.3 is 5.11 Å². The normalized spacial score (nSPS) is 12.6. The highest BCUT2D eigenvalue weighted by atomic mass is 79.9. The maximum absolute atomic E-state index is 9.66. The fourth-order valence-corrected chi connectivity index (χ4v) is 2.06. The van der Waals surface area contributed by atoms with Gasteiger partial charge in [0, 0.05) is 15.1 Å². The van der Waals surface area contributed by atoms with Gasteiger partial charge in [-0.25, -0.2) is 0 Å². The molecule has 0 aromatic carbocycles. The van der Waals surface area contributed by atoms with Crippen LogP contribution in [0, 0.1) is 0 Å². The molecule has 0 bridgehead atoms. The molecular weight excluding hydrogens is 298 g/mol. The topological polar surface area (TPSA) is 33.1 Å². The summed E-state index contributed by atoms with van der Waals surface area (Å²) in [6.45, 7) is 5.44. The molecule has 1 unspecified atom stereocenters. The first-order chi connectivity index (χ1) is 6.02. The predicted molar refractivity (Wildman–Crippen MR) is 59.4 cm³/mol. The van der Waals surface area contributed by atoms with E-state index in [4.69, 9.17) is 0 Å². The maximum atomic E-state index is 9.66. The van der Waals surface area contributed by atoms with Crippen LogP contribution in [0.15, 0.2) is 33.4 Å². The van der Waals surface area contributed by atoms with E-state index in [2.05, 4.69) is 43.4 Å². The molecule has 1 N–H and O–H groups in total. The van der Waals surface area contributed by atoms with Crippen molar-refractivity contribution in [2.24, 2.45) is 0 Å². The lowest BCUT2D eigenvalue weighted by molar-refractivity contribution is 0.210. The number of nitrogens with zero attached hydrogens (tertiary/aromatic N) is 1. The molecule has 0 aliphatic heterocycles. The van der Waals surface area contributed by atoms with Crippen LogP contribution in [-0.2, 0) is 0 Å². The highest BCUT2D eigenvalue weighted by molar-refractivity contribution is 9.11. The summed E-state index contributed by atoms with van der Waals surface area (Å²) >= 11 is 6.61. The molecular formula is C9H9Br2NO. The van der Waals surface area contributed by atoms with E-state index in [1.807, 2.05) is 6.07 Å². The average Bonchev–Trinajstić information content (AvgIpc) is 2.03. The number of rotatable bonds is 2. The molecule has 1 atom stereocenters. The number of aliphatic hydroxyl groups is 1. The molecule has 1 aromatic heterocycles. The van der Waals surface area contributed by atoms with Crippen LogP contribution >= 0.6 is 31.9 Å². The Kier molecular flexibility index (Phi) is 3.64. The molecule has 0 spiro atoms. The Morgan fingerprint density at radius 3 is 2.69 bits per heavy atom. The molecule has 0 radical (unpaired) electrons. The fraction of sp³-hybridized carbons (Fsp3) is 0.222. The van der Waals surface area contributed by atoms with Crippen molar-refractivity contribution in [1.82, 2.24) is 4.98 Å². The Balaban J connectivity index is 3.08. The number of hydrogen-bond acceptors (Lipinski definition) is 2. The van der Waals surface area contributed by atoms with Crippen LogP contribution in [0.4, 0.5) is 0 Å². The van der Waals surface area contributed by atoms with Gasteiger partial charge in [-0.1, -0.05) is 6.58 Å². The zero-order valence-electron chi connectivity index (χ0n) is 7.09. The third kappa shape index (κ3) is 2.62. The summed E-state index contributed by atoms with van der Waals surface area (Å²) in [7, 11) is 0. The number of pyridine rings is 1. The molecule has 70 valence electrons. The van der Waals surface area contributed by atoms with Crippen LogP contribution < -0.4 is 0 Å². The van der Waals surface area contributed by atoms with Crippen molar-refractivity contribution >= 4 is 31.9 Å². The Hall–Kier alpha value is -0.190. The van der Waals surface area contributed by atoms with Crippen LogP contribution in [0.25, 0.3) is 0 Å². The number of aliphatic hydroxyl groups excluding tert-OH is 1. The van der Waals surface area contributed by atoms with E-state index >= 15 is 0 Å². The molecule has 0 aliphatic rings. The van der Waals surface area contributed by atoms with E-state index in [1.54, 1.807) is 13.1 Å². The summed E-state index contributed by atoms with van der Waals surface area (Å²) in [5.74, 6) is 0. The molecule has 1 rings (SSSR count). The zero-order valence-corrected chi connectivity index (χ0v) is 10.3. The molecule has 0 saturated carbocycles. The van der Waals surface area contributed by atoms with Crippen LogP contribution in [0.1, 0.15) is 18.7 Å². The molecule has 1 heterocycles. The minimum Gasteiger partial charge on any atom is -0.382 e. The minimum absolute atomic E-state index is 0.593. The molecule has 0 fully saturated rings. The van der Waals surface area contributed by atoms with Crippen molar-refractivity contribution in [2.45, 2.75) is 13.0 Å². The van der Waals surface area contributed by atoms with Crippen molar-refractivity contribution in [3.8, 4) is 0 Å². The van der Waals surface area contributed by atoms with Crippen LogP contribution in [0.3, 0.4) is 0 Å². The maximum Gasteiger partial charge on any atom is 0.118 e. The van der Waals surface area contributed by atoms with Gasteiger partial charge in [-0.15, -0.1) is 0 Å². The molecule has 0 saturated heterocycles. The summed E-state index contributed by atoms with van der Waals surface area (Å²) in [5, 5.41) is 9.66. The molecule has 2 nitrogen and oxygen atoms in total. The van der Waals surface area contributed by atoms with Gasteiger partial charge in [0.1, 0.15) is 6.10 Å². The van der Waals surface area contributed by atoms with Gasteiger partial charge in [0.15, 0.2) is 0 Å². The Bertz CT molecular complexity index is 338. The van der Waals surface area contributed by atoms with Gasteiger partial charge in [-0.2, -0.15) is 0 Å². The van der Waals surface area contributed by atoms with Crippen molar-refractivity contribution in [3.63, 3.8) is 0 Å². The second-order valence-corrected chi connectivity index (χ2v) is 4.54. The molecule has 0 aliphatic carbocycles. The summed E-state index contributed by atoms with van der Waals surface area (Å²) in [4.78, 5) is 4.09. The lowest BCUT2D eigenvalue weighted by atomic mass is 10.1. The highest BCUT2D eigenvalue weighted by Crippen LogP contribution is 2.27. The van der Waals surface area contributed by atoms with E-state index < -0.39 is 6.10 Å². The Morgan fingerprint density at radius 2 is 2.23 bits per heavy atom. The molecule has 4 heteroatoms. The van der Waals surface area contributed by atoms with E-state index in [0.717, 1.165) is 8.95 Å². The highest BCUT2D eigenvalue weighted by Gasteiger charge is 2.13. The van der Waals surface area contributed by atoms with E-state index in [9.17, 15) is 5.11 Å². The number of hydrogen-bond donors (Lipinski definition) is 1. The smallest absolute Gasteiger partial charge is 0.118 e. The lowest BCUT2D eigenvalue weighted by Gasteiger charge is -2.11. The quantitative estimate of drug-likeness (QED) is 0.851. The first-order valence-electron chi connectivity index (χ1n) is 3.66. The lowest BCUT2D eigenvalue weighted by Crippen LogP contribution is -2.01. The third-order valence-electron chi connectivity index (χ3n) is 1.56. The Morgan fingerprint density at radius 1 is 1.62 bits per heavy atom. The molecule has 13 heavy (non-hydrogen) atoms. The summed E-state index contributed by atoms with van der Waals surface area (Å²) in [6, 6.07) is 1.84. The molecule has 1 aromatic rings. The van der Waals surface area contributed by atoms with E-state index in [1.165, 1.54) is 0 Å². The Labute approximate surface area is 94.0 Å². The van der Waals surface area contributed by atoms with Crippen LogP contribution in [0.5, 0.6) is 0 Å². The minimum atomic E-state index is -0.706. The van der Waals surface area contributed by atoms with Gasteiger partial charge in [-0.05, 0) is 50.4 Å². The SMILES string of the molecule is C=C(C)C(O)c1ncc(Br)cc1Br. The first kappa shape index (κ1) is 10.9. The summed E-state index contributed by atoms with van der Waals surface area (Å²) in [5.41, 5.74) is 1.27. The van der Waals surface area contributed by atoms with Crippen molar-refractivity contribution in [3.05, 3.63) is 39.1 Å².